The van der Waals surface area contributed by atoms with Gasteiger partial charge in [0.25, 0.3) is 0 Å². The summed E-state index contributed by atoms with van der Waals surface area (Å²) in [4.78, 5) is 8.04. The van der Waals surface area contributed by atoms with Crippen LogP contribution in [-0.2, 0) is 0 Å². The molecule has 0 saturated heterocycles. The van der Waals surface area contributed by atoms with Crippen LogP contribution < -0.4 is 5.43 Å². The molecule has 0 aromatic carbocycles. The van der Waals surface area contributed by atoms with Crippen molar-refractivity contribution in [1.82, 2.24) is 25.2 Å². The molecule has 0 radical (unpaired) electrons. The van der Waals surface area contributed by atoms with Crippen molar-refractivity contribution in [3.63, 3.8) is 0 Å². The fourth-order valence-electron chi connectivity index (χ4n) is 1.10. The molecule has 0 aliphatic rings. The summed E-state index contributed by atoms with van der Waals surface area (Å²) in [7, 11) is 3.73. The first-order chi connectivity index (χ1) is 6.66. The molecule has 2 aromatic heterocycles. The summed E-state index contributed by atoms with van der Waals surface area (Å²) in [6, 6.07) is 0. The molecule has 0 aliphatic carbocycles. The highest BCUT2D eigenvalue weighted by molar-refractivity contribution is 6.28. The van der Waals surface area contributed by atoms with E-state index in [0.717, 1.165) is 5.39 Å². The van der Waals surface area contributed by atoms with Crippen molar-refractivity contribution >= 4 is 28.5 Å². The van der Waals surface area contributed by atoms with Gasteiger partial charge in [-0.3, -0.25) is 5.10 Å². The second-order valence-corrected chi connectivity index (χ2v) is 3.32. The van der Waals surface area contributed by atoms with E-state index < -0.39 is 0 Å². The summed E-state index contributed by atoms with van der Waals surface area (Å²) in [6.07, 6.45) is 1.65. The molecule has 0 fully saturated rings. The molecule has 0 saturated carbocycles. The van der Waals surface area contributed by atoms with Crippen LogP contribution in [0.1, 0.15) is 0 Å². The van der Waals surface area contributed by atoms with Crippen molar-refractivity contribution in [2.24, 2.45) is 0 Å². The molecule has 0 spiro atoms. The van der Waals surface area contributed by atoms with Crippen LogP contribution in [-0.4, -0.2) is 39.3 Å². The van der Waals surface area contributed by atoms with E-state index in [0.29, 0.717) is 11.5 Å². The van der Waals surface area contributed by atoms with Crippen LogP contribution in [0.15, 0.2) is 6.20 Å². The van der Waals surface area contributed by atoms with Gasteiger partial charge in [-0.1, -0.05) is 0 Å². The van der Waals surface area contributed by atoms with Gasteiger partial charge in [-0.15, -0.1) is 0 Å². The zero-order valence-corrected chi connectivity index (χ0v) is 8.50. The van der Waals surface area contributed by atoms with Crippen LogP contribution in [0.3, 0.4) is 0 Å². The Labute approximate surface area is 85.3 Å². The van der Waals surface area contributed by atoms with Crippen LogP contribution in [0.2, 0.25) is 5.28 Å². The molecule has 2 aromatic rings. The molecule has 2 N–H and O–H groups in total. The van der Waals surface area contributed by atoms with Crippen molar-refractivity contribution in [3.05, 3.63) is 11.5 Å². The number of hydrogen-bond donors (Lipinski definition) is 2. The Morgan fingerprint density at radius 1 is 1.43 bits per heavy atom. The zero-order valence-electron chi connectivity index (χ0n) is 7.74. The largest absolute Gasteiger partial charge is 0.303 e. The van der Waals surface area contributed by atoms with Crippen LogP contribution in [0, 0.1) is 0 Å². The van der Waals surface area contributed by atoms with Gasteiger partial charge < -0.3 is 5.43 Å². The molecule has 6 nitrogen and oxygen atoms in total. The molecule has 74 valence electrons. The van der Waals surface area contributed by atoms with Gasteiger partial charge in [-0.05, 0) is 11.6 Å². The predicted molar refractivity (Wildman–Crippen MR) is 54.0 cm³/mol. The zero-order chi connectivity index (χ0) is 10.1. The van der Waals surface area contributed by atoms with Gasteiger partial charge in [0.15, 0.2) is 11.5 Å². The average molecular weight is 213 g/mol. The maximum Gasteiger partial charge on any atom is 0.226 e. The molecule has 0 aliphatic heterocycles. The molecule has 14 heavy (non-hydrogen) atoms. The highest BCUT2D eigenvalue weighted by Crippen LogP contribution is 2.19. The Balaban J connectivity index is 2.55. The van der Waals surface area contributed by atoms with E-state index in [-0.39, 0.29) is 5.28 Å². The summed E-state index contributed by atoms with van der Waals surface area (Å²) in [5.41, 5.74) is 3.63. The first-order valence-electron chi connectivity index (χ1n) is 3.97. The Bertz CT molecular complexity index is 450. The van der Waals surface area contributed by atoms with Gasteiger partial charge in [0.1, 0.15) is 0 Å². The minimum atomic E-state index is 0.186. The van der Waals surface area contributed by atoms with E-state index in [1.165, 1.54) is 0 Å². The van der Waals surface area contributed by atoms with Crippen molar-refractivity contribution in [3.8, 4) is 0 Å². The molecule has 0 bridgehead atoms. The summed E-state index contributed by atoms with van der Waals surface area (Å²) in [5.74, 6) is 0.638. The summed E-state index contributed by atoms with van der Waals surface area (Å²) < 4.78 is 0. The molecule has 0 amide bonds. The fourth-order valence-corrected chi connectivity index (χ4v) is 1.27. The summed E-state index contributed by atoms with van der Waals surface area (Å²) in [5, 5.41) is 9.36. The Kier molecular flexibility index (Phi) is 2.22. The predicted octanol–water partition coefficient (Wildman–Crippen LogP) is 0.895. The van der Waals surface area contributed by atoms with Crippen LogP contribution >= 0.6 is 11.6 Å². The minimum absolute atomic E-state index is 0.186. The molecule has 0 atom stereocenters. The lowest BCUT2D eigenvalue weighted by Crippen LogP contribution is -2.20. The van der Waals surface area contributed by atoms with E-state index in [1.807, 2.05) is 14.1 Å². The number of halogens is 1. The van der Waals surface area contributed by atoms with Gasteiger partial charge in [-0.25, -0.2) is 5.01 Å². The highest BCUT2D eigenvalue weighted by Gasteiger charge is 2.08. The quantitative estimate of drug-likeness (QED) is 0.572. The highest BCUT2D eigenvalue weighted by atomic mass is 35.5. The maximum absolute atomic E-state index is 5.74. The standard InChI is InChI=1S/C7H9ClN6/c1-14(2)13-6-4-3-9-12-5(4)10-7(8)11-6/h3H,1-2H3,(H2,9,10,11,12,13). The van der Waals surface area contributed by atoms with E-state index in [4.69, 9.17) is 11.6 Å². The van der Waals surface area contributed by atoms with Gasteiger partial charge in [0.2, 0.25) is 5.28 Å². The number of nitrogens with one attached hydrogen (secondary N) is 2. The maximum atomic E-state index is 5.74. The van der Waals surface area contributed by atoms with E-state index in [1.54, 1.807) is 11.2 Å². The third-order valence-corrected chi connectivity index (χ3v) is 1.78. The average Bonchev–Trinajstić information content (AvgIpc) is 2.50. The first kappa shape index (κ1) is 9.17. The number of aromatic amines is 1. The fraction of sp³-hybridized carbons (Fsp3) is 0.286. The van der Waals surface area contributed by atoms with Crippen molar-refractivity contribution in [2.45, 2.75) is 0 Å². The van der Waals surface area contributed by atoms with Gasteiger partial charge in [0.05, 0.1) is 11.6 Å². The lowest BCUT2D eigenvalue weighted by molar-refractivity contribution is 0.493. The number of nitrogens with zero attached hydrogens (tertiary/aromatic N) is 4. The summed E-state index contributed by atoms with van der Waals surface area (Å²) >= 11 is 5.74. The van der Waals surface area contributed by atoms with Crippen LogP contribution in [0.4, 0.5) is 5.82 Å². The molecule has 2 rings (SSSR count). The molecular formula is C7H9ClN6. The summed E-state index contributed by atoms with van der Waals surface area (Å²) in [6.45, 7) is 0. The lowest BCUT2D eigenvalue weighted by Gasteiger charge is -2.12. The van der Waals surface area contributed by atoms with Gasteiger partial charge >= 0.3 is 0 Å². The van der Waals surface area contributed by atoms with Crippen molar-refractivity contribution < 1.29 is 0 Å². The third-order valence-electron chi connectivity index (χ3n) is 1.61. The number of H-pyrrole nitrogens is 1. The number of anilines is 1. The van der Waals surface area contributed by atoms with Crippen LogP contribution in [0.5, 0.6) is 0 Å². The number of aromatic nitrogens is 4. The normalized spacial score (nSPS) is 11.1. The smallest absolute Gasteiger partial charge is 0.226 e. The van der Waals surface area contributed by atoms with Gasteiger partial charge in [0, 0.05) is 14.1 Å². The minimum Gasteiger partial charge on any atom is -0.303 e. The second kappa shape index (κ2) is 3.39. The van der Waals surface area contributed by atoms with Gasteiger partial charge in [-0.2, -0.15) is 15.1 Å². The number of rotatable bonds is 2. The van der Waals surface area contributed by atoms with E-state index in [2.05, 4.69) is 25.6 Å². The number of fused-ring (bicyclic) bond motifs is 1. The van der Waals surface area contributed by atoms with Crippen molar-refractivity contribution in [1.29, 1.82) is 0 Å². The Hall–Kier alpha value is -1.40. The second-order valence-electron chi connectivity index (χ2n) is 2.98. The Morgan fingerprint density at radius 2 is 2.21 bits per heavy atom. The Morgan fingerprint density at radius 3 is 2.93 bits per heavy atom. The monoisotopic (exact) mass is 212 g/mol. The van der Waals surface area contributed by atoms with E-state index in [9.17, 15) is 0 Å². The number of hydrazine groups is 1. The molecule has 2 heterocycles. The first-order valence-corrected chi connectivity index (χ1v) is 4.35. The third kappa shape index (κ3) is 1.61. The topological polar surface area (TPSA) is 69.7 Å². The molecular weight excluding hydrogens is 204 g/mol. The van der Waals surface area contributed by atoms with E-state index >= 15 is 0 Å². The SMILES string of the molecule is CN(C)Nc1nc(Cl)nc2[nH]ncc12. The molecule has 7 heteroatoms. The van der Waals surface area contributed by atoms with Crippen molar-refractivity contribution in [2.75, 3.05) is 19.5 Å². The van der Waals surface area contributed by atoms with Crippen LogP contribution in [0.25, 0.3) is 11.0 Å². The molecule has 0 unspecified atom stereocenters. The lowest BCUT2D eigenvalue weighted by atomic mass is 10.4. The number of hydrogen-bond acceptors (Lipinski definition) is 5.